The van der Waals surface area contributed by atoms with Gasteiger partial charge in [-0.1, -0.05) is 23.9 Å². The minimum absolute atomic E-state index is 0.0353. The normalized spacial score (nSPS) is 15.5. The molecule has 1 amide bonds. The molecule has 0 bridgehead atoms. The molecule has 0 unspecified atom stereocenters. The summed E-state index contributed by atoms with van der Waals surface area (Å²) < 4.78 is 0. The molecule has 1 saturated heterocycles. The smallest absolute Gasteiger partial charge is 0.234 e. The van der Waals surface area contributed by atoms with Crippen molar-refractivity contribution in [3.05, 3.63) is 47.3 Å². The molecule has 1 aromatic heterocycles. The fourth-order valence-electron chi connectivity index (χ4n) is 3.56. The number of anilines is 1. The summed E-state index contributed by atoms with van der Waals surface area (Å²) in [6.45, 7) is 6.32. The lowest BCUT2D eigenvalue weighted by Gasteiger charge is -2.28. The van der Waals surface area contributed by atoms with Crippen molar-refractivity contribution in [3.63, 3.8) is 0 Å². The van der Waals surface area contributed by atoms with Gasteiger partial charge >= 0.3 is 0 Å². The minimum atomic E-state index is -0.0353. The summed E-state index contributed by atoms with van der Waals surface area (Å²) in [5, 5.41) is 3.61. The van der Waals surface area contributed by atoms with Crippen molar-refractivity contribution < 1.29 is 4.79 Å². The Morgan fingerprint density at radius 2 is 1.79 bits per heavy atom. The molecule has 5 nitrogen and oxygen atoms in total. The van der Waals surface area contributed by atoms with Crippen molar-refractivity contribution in [1.82, 2.24) is 14.9 Å². The van der Waals surface area contributed by atoms with E-state index in [0.29, 0.717) is 10.9 Å². The van der Waals surface area contributed by atoms with Gasteiger partial charge < -0.3 is 10.2 Å². The van der Waals surface area contributed by atoms with Gasteiger partial charge in [0.1, 0.15) is 0 Å². The van der Waals surface area contributed by atoms with E-state index in [9.17, 15) is 4.79 Å². The van der Waals surface area contributed by atoms with Gasteiger partial charge in [0, 0.05) is 17.1 Å². The third kappa shape index (κ3) is 6.60. The van der Waals surface area contributed by atoms with Gasteiger partial charge in [-0.15, -0.1) is 0 Å². The highest BCUT2D eigenvalue weighted by molar-refractivity contribution is 7.99. The number of carbonyl (C=O) groups excluding carboxylic acids is 1. The SMILES string of the molecule is Cc1cc(C)nc(SCC(=O)Nc2ccc(CCC3CCN(C)CC3)cc2)n1. The van der Waals surface area contributed by atoms with Crippen molar-refractivity contribution in [1.29, 1.82) is 0 Å². The van der Waals surface area contributed by atoms with Gasteiger partial charge in [0.15, 0.2) is 5.16 Å². The molecule has 0 aliphatic carbocycles. The molecule has 0 saturated carbocycles. The Balaban J connectivity index is 1.42. The van der Waals surface area contributed by atoms with Crippen LogP contribution in [0.2, 0.25) is 0 Å². The predicted octanol–water partition coefficient (Wildman–Crippen LogP) is 4.10. The molecule has 3 rings (SSSR count). The Bertz CT molecular complexity index is 765. The van der Waals surface area contributed by atoms with Gasteiger partial charge in [0.2, 0.25) is 5.91 Å². The zero-order valence-electron chi connectivity index (χ0n) is 17.1. The second-order valence-corrected chi connectivity index (χ2v) is 8.69. The van der Waals surface area contributed by atoms with Crippen molar-refractivity contribution in [2.24, 2.45) is 5.92 Å². The van der Waals surface area contributed by atoms with Gasteiger partial charge in [-0.25, -0.2) is 9.97 Å². The number of hydrogen-bond donors (Lipinski definition) is 1. The number of aryl methyl sites for hydroxylation is 3. The van der Waals surface area contributed by atoms with Crippen LogP contribution >= 0.6 is 11.8 Å². The summed E-state index contributed by atoms with van der Waals surface area (Å²) in [6.07, 6.45) is 4.99. The van der Waals surface area contributed by atoms with Crippen LogP contribution in [0.1, 0.15) is 36.2 Å². The molecule has 150 valence electrons. The van der Waals surface area contributed by atoms with E-state index in [1.165, 1.54) is 49.7 Å². The topological polar surface area (TPSA) is 58.1 Å². The van der Waals surface area contributed by atoms with Gasteiger partial charge in [0.05, 0.1) is 5.75 Å². The first-order chi connectivity index (χ1) is 13.5. The molecule has 28 heavy (non-hydrogen) atoms. The summed E-state index contributed by atoms with van der Waals surface area (Å²) in [4.78, 5) is 23.3. The van der Waals surface area contributed by atoms with Crippen LogP contribution in [-0.2, 0) is 11.2 Å². The summed E-state index contributed by atoms with van der Waals surface area (Å²) in [7, 11) is 2.21. The number of nitrogens with zero attached hydrogens (tertiary/aromatic N) is 3. The first kappa shape index (κ1) is 20.8. The van der Waals surface area contributed by atoms with Crippen molar-refractivity contribution in [3.8, 4) is 0 Å². The van der Waals surface area contributed by atoms with E-state index in [2.05, 4.69) is 39.4 Å². The van der Waals surface area contributed by atoms with Gasteiger partial charge in [0.25, 0.3) is 0 Å². The second kappa shape index (κ2) is 10.0. The van der Waals surface area contributed by atoms with Gasteiger partial charge in [-0.05, 0) is 89.3 Å². The molecule has 6 heteroatoms. The maximum absolute atomic E-state index is 12.2. The van der Waals surface area contributed by atoms with Crippen molar-refractivity contribution >= 4 is 23.4 Å². The lowest BCUT2D eigenvalue weighted by Crippen LogP contribution is -2.30. The van der Waals surface area contributed by atoms with E-state index in [1.54, 1.807) is 0 Å². The summed E-state index contributed by atoms with van der Waals surface area (Å²) in [5.74, 6) is 1.12. The number of thioether (sulfide) groups is 1. The van der Waals surface area contributed by atoms with E-state index in [4.69, 9.17) is 0 Å². The number of nitrogens with one attached hydrogen (secondary N) is 1. The van der Waals surface area contributed by atoms with Crippen LogP contribution < -0.4 is 5.32 Å². The van der Waals surface area contributed by atoms with Crippen LogP contribution in [0.3, 0.4) is 0 Å². The van der Waals surface area contributed by atoms with Crippen LogP contribution in [0.25, 0.3) is 0 Å². The highest BCUT2D eigenvalue weighted by Crippen LogP contribution is 2.22. The maximum atomic E-state index is 12.2. The number of piperidine rings is 1. The molecule has 0 spiro atoms. The first-order valence-corrected chi connectivity index (χ1v) is 11.0. The van der Waals surface area contributed by atoms with E-state index >= 15 is 0 Å². The monoisotopic (exact) mass is 398 g/mol. The molecule has 1 fully saturated rings. The fourth-order valence-corrected chi connectivity index (χ4v) is 4.31. The van der Waals surface area contributed by atoms with E-state index < -0.39 is 0 Å². The summed E-state index contributed by atoms with van der Waals surface area (Å²) in [5.41, 5.74) is 4.03. The summed E-state index contributed by atoms with van der Waals surface area (Å²) >= 11 is 1.37. The molecular weight excluding hydrogens is 368 g/mol. The number of likely N-dealkylation sites (tertiary alicyclic amines) is 1. The van der Waals surface area contributed by atoms with Crippen LogP contribution in [0.15, 0.2) is 35.5 Å². The molecule has 2 aromatic rings. The van der Waals surface area contributed by atoms with Crippen molar-refractivity contribution in [2.75, 3.05) is 31.2 Å². The Labute approximate surface area is 172 Å². The molecule has 1 aromatic carbocycles. The Morgan fingerprint density at radius 1 is 1.14 bits per heavy atom. The molecule has 0 atom stereocenters. The average Bonchev–Trinajstić information content (AvgIpc) is 2.66. The summed E-state index contributed by atoms with van der Waals surface area (Å²) in [6, 6.07) is 10.2. The highest BCUT2D eigenvalue weighted by atomic mass is 32.2. The molecule has 0 radical (unpaired) electrons. The van der Waals surface area contributed by atoms with Gasteiger partial charge in [-0.2, -0.15) is 0 Å². The number of aromatic nitrogens is 2. The Morgan fingerprint density at radius 3 is 2.43 bits per heavy atom. The van der Waals surface area contributed by atoms with E-state index in [1.807, 2.05) is 32.0 Å². The predicted molar refractivity (Wildman–Crippen MR) is 116 cm³/mol. The molecular formula is C22H30N4OS. The lowest BCUT2D eigenvalue weighted by molar-refractivity contribution is -0.113. The third-order valence-electron chi connectivity index (χ3n) is 5.21. The zero-order valence-corrected chi connectivity index (χ0v) is 17.9. The standard InChI is InChI=1S/C22H30N4OS/c1-16-14-17(2)24-22(23-16)28-15-21(27)25-20-8-6-18(7-9-20)4-5-19-10-12-26(3)13-11-19/h6-9,14,19H,4-5,10-13,15H2,1-3H3,(H,25,27). The third-order valence-corrected chi connectivity index (χ3v) is 6.06. The second-order valence-electron chi connectivity index (χ2n) is 7.75. The fraction of sp³-hybridized carbons (Fsp3) is 0.500. The number of rotatable bonds is 7. The largest absolute Gasteiger partial charge is 0.325 e. The van der Waals surface area contributed by atoms with Crippen LogP contribution in [-0.4, -0.2) is 46.7 Å². The van der Waals surface area contributed by atoms with Crippen LogP contribution in [0.5, 0.6) is 0 Å². The Kier molecular flexibility index (Phi) is 7.45. The van der Waals surface area contributed by atoms with Crippen LogP contribution in [0, 0.1) is 19.8 Å². The number of benzene rings is 1. The minimum Gasteiger partial charge on any atom is -0.325 e. The molecule has 1 aliphatic rings. The lowest BCUT2D eigenvalue weighted by atomic mass is 9.91. The first-order valence-electron chi connectivity index (χ1n) is 10.0. The zero-order chi connectivity index (χ0) is 19.9. The van der Waals surface area contributed by atoms with E-state index in [0.717, 1.165) is 29.4 Å². The number of amides is 1. The number of hydrogen-bond acceptors (Lipinski definition) is 5. The van der Waals surface area contributed by atoms with Crippen LogP contribution in [0.4, 0.5) is 5.69 Å². The van der Waals surface area contributed by atoms with Crippen molar-refractivity contribution in [2.45, 2.75) is 44.7 Å². The molecule has 1 N–H and O–H groups in total. The van der Waals surface area contributed by atoms with E-state index in [-0.39, 0.29) is 5.91 Å². The Hall–Kier alpha value is -1.92. The highest BCUT2D eigenvalue weighted by Gasteiger charge is 2.16. The average molecular weight is 399 g/mol. The quantitative estimate of drug-likeness (QED) is 0.562. The number of carbonyl (C=O) groups is 1. The maximum Gasteiger partial charge on any atom is 0.234 e. The molecule has 1 aliphatic heterocycles. The molecule has 2 heterocycles. The van der Waals surface area contributed by atoms with Gasteiger partial charge in [-0.3, -0.25) is 4.79 Å².